The number of nitrogens with one attached hydrogen (secondary N) is 1. The van der Waals surface area contributed by atoms with Crippen molar-refractivity contribution in [3.8, 4) is 0 Å². The molecule has 0 atom stereocenters. The zero-order chi connectivity index (χ0) is 17.5. The molecule has 1 N–H and O–H groups in total. The third-order valence-corrected chi connectivity index (χ3v) is 4.90. The summed E-state index contributed by atoms with van der Waals surface area (Å²) in [4.78, 5) is 12.6. The number of hydrogen-bond donors (Lipinski definition) is 1. The molecule has 0 bridgehead atoms. The summed E-state index contributed by atoms with van der Waals surface area (Å²) in [5, 5.41) is 3.02. The Morgan fingerprint density at radius 1 is 1.08 bits per heavy atom. The zero-order valence-electron chi connectivity index (χ0n) is 14.3. The molecule has 1 aliphatic rings. The highest BCUT2D eigenvalue weighted by Crippen LogP contribution is 2.43. The number of carbonyl (C=O) groups excluding carboxylic acids is 1. The Bertz CT molecular complexity index is 681. The van der Waals surface area contributed by atoms with Crippen LogP contribution in [0.25, 0.3) is 0 Å². The van der Waals surface area contributed by atoms with Crippen LogP contribution < -0.4 is 5.32 Å². The molecule has 0 aliphatic heterocycles. The van der Waals surface area contributed by atoms with Gasteiger partial charge in [0.25, 0.3) is 0 Å². The van der Waals surface area contributed by atoms with E-state index in [9.17, 15) is 9.18 Å². The summed E-state index contributed by atoms with van der Waals surface area (Å²) < 4.78 is 18.8. The molecule has 0 saturated heterocycles. The van der Waals surface area contributed by atoms with Gasteiger partial charge in [-0.15, -0.1) is 0 Å². The first-order valence-electron chi connectivity index (χ1n) is 8.87. The van der Waals surface area contributed by atoms with E-state index in [-0.39, 0.29) is 11.7 Å². The molecule has 0 spiro atoms. The van der Waals surface area contributed by atoms with E-state index in [4.69, 9.17) is 4.74 Å². The molecule has 3 rings (SSSR count). The molecule has 0 radical (unpaired) electrons. The van der Waals surface area contributed by atoms with Crippen LogP contribution in [0, 0.1) is 5.82 Å². The molecule has 1 aliphatic carbocycles. The van der Waals surface area contributed by atoms with Crippen LogP contribution in [0.5, 0.6) is 0 Å². The van der Waals surface area contributed by atoms with Gasteiger partial charge >= 0.3 is 0 Å². The number of benzene rings is 2. The van der Waals surface area contributed by atoms with Gasteiger partial charge in [-0.3, -0.25) is 4.79 Å². The van der Waals surface area contributed by atoms with Gasteiger partial charge in [0.05, 0.1) is 12.0 Å². The van der Waals surface area contributed by atoms with E-state index in [0.717, 1.165) is 36.8 Å². The lowest BCUT2D eigenvalue weighted by molar-refractivity contribution is -0.130. The van der Waals surface area contributed by atoms with Crippen LogP contribution in [0.15, 0.2) is 54.6 Å². The fraction of sp³-hybridized carbons (Fsp3) is 0.381. The number of amides is 1. The molecule has 132 valence electrons. The second kappa shape index (κ2) is 8.26. The van der Waals surface area contributed by atoms with Gasteiger partial charge in [0.15, 0.2) is 0 Å². The molecular weight excluding hydrogens is 317 g/mol. The number of ether oxygens (including phenoxy) is 1. The summed E-state index contributed by atoms with van der Waals surface area (Å²) in [6, 6.07) is 16.4. The van der Waals surface area contributed by atoms with Crippen molar-refractivity contribution >= 4 is 5.91 Å². The third kappa shape index (κ3) is 4.26. The topological polar surface area (TPSA) is 38.3 Å². The van der Waals surface area contributed by atoms with E-state index in [0.29, 0.717) is 19.8 Å². The van der Waals surface area contributed by atoms with E-state index in [2.05, 4.69) is 5.32 Å². The summed E-state index contributed by atoms with van der Waals surface area (Å²) in [7, 11) is 0. The van der Waals surface area contributed by atoms with Crippen molar-refractivity contribution < 1.29 is 13.9 Å². The molecule has 3 nitrogen and oxygen atoms in total. The Morgan fingerprint density at radius 3 is 2.44 bits per heavy atom. The van der Waals surface area contributed by atoms with Crippen molar-refractivity contribution in [2.75, 3.05) is 13.2 Å². The molecule has 0 aromatic heterocycles. The minimum Gasteiger partial charge on any atom is -0.377 e. The van der Waals surface area contributed by atoms with Crippen LogP contribution in [0.1, 0.15) is 36.8 Å². The quantitative estimate of drug-likeness (QED) is 0.738. The lowest BCUT2D eigenvalue weighted by atomic mass is 9.64. The minimum atomic E-state index is -0.474. The zero-order valence-corrected chi connectivity index (χ0v) is 14.3. The van der Waals surface area contributed by atoms with Crippen molar-refractivity contribution in [1.29, 1.82) is 0 Å². The van der Waals surface area contributed by atoms with Crippen LogP contribution >= 0.6 is 0 Å². The van der Waals surface area contributed by atoms with Crippen molar-refractivity contribution in [2.24, 2.45) is 0 Å². The van der Waals surface area contributed by atoms with Crippen molar-refractivity contribution in [2.45, 2.75) is 37.7 Å². The first-order valence-corrected chi connectivity index (χ1v) is 8.87. The molecule has 2 aromatic rings. The first kappa shape index (κ1) is 17.6. The smallest absolute Gasteiger partial charge is 0.230 e. The van der Waals surface area contributed by atoms with Gasteiger partial charge in [0, 0.05) is 13.2 Å². The van der Waals surface area contributed by atoms with Crippen LogP contribution in [-0.4, -0.2) is 19.1 Å². The third-order valence-electron chi connectivity index (χ3n) is 4.90. The highest BCUT2D eigenvalue weighted by atomic mass is 19.1. The number of rotatable bonds is 8. The Hall–Kier alpha value is -2.20. The second-order valence-corrected chi connectivity index (χ2v) is 6.59. The maximum Gasteiger partial charge on any atom is 0.230 e. The number of carbonyl (C=O) groups is 1. The van der Waals surface area contributed by atoms with Gasteiger partial charge in [-0.1, -0.05) is 48.9 Å². The van der Waals surface area contributed by atoms with Crippen LogP contribution in [0.2, 0.25) is 0 Å². The Morgan fingerprint density at radius 2 is 1.80 bits per heavy atom. The van der Waals surface area contributed by atoms with Crippen LogP contribution in [0.4, 0.5) is 4.39 Å². The van der Waals surface area contributed by atoms with Gasteiger partial charge in [0.1, 0.15) is 5.82 Å². The van der Waals surface area contributed by atoms with E-state index < -0.39 is 5.41 Å². The molecule has 0 unspecified atom stereocenters. The summed E-state index contributed by atoms with van der Waals surface area (Å²) in [5.41, 5.74) is 1.59. The highest BCUT2D eigenvalue weighted by molar-refractivity contribution is 5.89. The van der Waals surface area contributed by atoms with E-state index in [1.807, 2.05) is 30.3 Å². The van der Waals surface area contributed by atoms with Gasteiger partial charge < -0.3 is 10.1 Å². The summed E-state index contributed by atoms with van der Waals surface area (Å²) in [6.07, 6.45) is 3.47. The molecule has 4 heteroatoms. The Balaban J connectivity index is 1.41. The number of halogens is 1. The fourth-order valence-electron chi connectivity index (χ4n) is 3.26. The van der Waals surface area contributed by atoms with Crippen molar-refractivity contribution in [3.63, 3.8) is 0 Å². The largest absolute Gasteiger partial charge is 0.377 e. The standard InChI is InChI=1S/C21H24FNO2/c22-19-10-8-18(9-11-19)21(12-4-13-21)20(24)23-14-5-15-25-16-17-6-2-1-3-7-17/h1-3,6-11H,4-5,12-16H2,(H,23,24). The maximum absolute atomic E-state index is 13.1. The predicted molar refractivity (Wildman–Crippen MR) is 95.7 cm³/mol. The SMILES string of the molecule is O=C(NCCCOCc1ccccc1)C1(c2ccc(F)cc2)CCC1. The van der Waals surface area contributed by atoms with Gasteiger partial charge in [-0.2, -0.15) is 0 Å². The van der Waals surface area contributed by atoms with Gasteiger partial charge in [-0.05, 0) is 42.5 Å². The normalized spacial score (nSPS) is 15.4. The highest BCUT2D eigenvalue weighted by Gasteiger charge is 2.45. The van der Waals surface area contributed by atoms with E-state index in [1.54, 1.807) is 12.1 Å². The number of hydrogen-bond acceptors (Lipinski definition) is 2. The molecule has 2 aromatic carbocycles. The molecule has 1 saturated carbocycles. The molecule has 1 amide bonds. The maximum atomic E-state index is 13.1. The van der Waals surface area contributed by atoms with E-state index in [1.165, 1.54) is 12.1 Å². The predicted octanol–water partition coefficient (Wildman–Crippen LogP) is 3.97. The molecular formula is C21H24FNO2. The van der Waals surface area contributed by atoms with Gasteiger partial charge in [-0.25, -0.2) is 4.39 Å². The average Bonchev–Trinajstić information content (AvgIpc) is 2.59. The monoisotopic (exact) mass is 341 g/mol. The Labute approximate surface area is 148 Å². The fourth-order valence-corrected chi connectivity index (χ4v) is 3.26. The molecule has 1 fully saturated rings. The van der Waals surface area contributed by atoms with Crippen molar-refractivity contribution in [1.82, 2.24) is 5.32 Å². The Kier molecular flexibility index (Phi) is 5.82. The van der Waals surface area contributed by atoms with Crippen molar-refractivity contribution in [3.05, 3.63) is 71.5 Å². The minimum absolute atomic E-state index is 0.0495. The van der Waals surface area contributed by atoms with Crippen LogP contribution in [0.3, 0.4) is 0 Å². The lowest BCUT2D eigenvalue weighted by Crippen LogP contribution is -2.49. The molecule has 25 heavy (non-hydrogen) atoms. The summed E-state index contributed by atoms with van der Waals surface area (Å²) >= 11 is 0. The first-order chi connectivity index (χ1) is 12.2. The van der Waals surface area contributed by atoms with E-state index >= 15 is 0 Å². The summed E-state index contributed by atoms with van der Waals surface area (Å²) in [5.74, 6) is -0.220. The average molecular weight is 341 g/mol. The van der Waals surface area contributed by atoms with Gasteiger partial charge in [0.2, 0.25) is 5.91 Å². The second-order valence-electron chi connectivity index (χ2n) is 6.59. The molecule has 0 heterocycles. The summed E-state index contributed by atoms with van der Waals surface area (Å²) in [6.45, 7) is 1.80. The van der Waals surface area contributed by atoms with Crippen LogP contribution in [-0.2, 0) is 21.6 Å². The lowest BCUT2D eigenvalue weighted by Gasteiger charge is -2.40.